The van der Waals surface area contributed by atoms with Gasteiger partial charge in [-0.2, -0.15) is 13.2 Å². The molecule has 4 nitrogen and oxygen atoms in total. The first-order valence-corrected chi connectivity index (χ1v) is 3.89. The third-order valence-electron chi connectivity index (χ3n) is 0.899. The van der Waals surface area contributed by atoms with E-state index >= 15 is 0 Å². The van der Waals surface area contributed by atoms with E-state index in [2.05, 4.69) is 0 Å². The number of hydrogen-bond acceptors (Lipinski definition) is 2. The highest BCUT2D eigenvalue weighted by atomic mass is 19.4. The summed E-state index contributed by atoms with van der Waals surface area (Å²) < 4.78 is 34.8. The first-order valence-electron chi connectivity index (χ1n) is 3.89. The molecule has 0 atom stereocenters. The van der Waals surface area contributed by atoms with Crippen LogP contribution >= 0.6 is 0 Å². The molecule has 0 aromatic rings. The van der Waals surface area contributed by atoms with Crippen molar-refractivity contribution in [3.63, 3.8) is 0 Å². The number of hydrogen-bond donors (Lipinski definition) is 2. The molecule has 0 unspecified atom stereocenters. The van der Waals surface area contributed by atoms with E-state index in [1.54, 1.807) is 26.1 Å². The van der Waals surface area contributed by atoms with Crippen molar-refractivity contribution >= 4 is 6.03 Å². The van der Waals surface area contributed by atoms with Crippen LogP contribution in [0.3, 0.4) is 0 Å². The lowest BCUT2D eigenvalue weighted by molar-refractivity contribution is -0.124. The second-order valence-corrected chi connectivity index (χ2v) is 3.61. The van der Waals surface area contributed by atoms with Gasteiger partial charge >= 0.3 is 12.2 Å². The molecule has 0 aliphatic rings. The maximum absolute atomic E-state index is 11.6. The third kappa shape index (κ3) is 9.11. The fourth-order valence-electron chi connectivity index (χ4n) is 0.416. The van der Waals surface area contributed by atoms with Gasteiger partial charge in [-0.25, -0.2) is 10.3 Å². The highest BCUT2D eigenvalue weighted by Crippen LogP contribution is 2.12. The smallest absolute Gasteiger partial charge is 0.327 e. The SMILES string of the molecule is CC(C)(C)ONC(=O)NCC(F)(F)F. The Balaban J connectivity index is 3.68. The van der Waals surface area contributed by atoms with Crippen molar-refractivity contribution in [1.82, 2.24) is 10.8 Å². The van der Waals surface area contributed by atoms with E-state index in [4.69, 9.17) is 4.84 Å². The fourth-order valence-corrected chi connectivity index (χ4v) is 0.416. The molecule has 14 heavy (non-hydrogen) atoms. The monoisotopic (exact) mass is 214 g/mol. The van der Waals surface area contributed by atoms with Crippen LogP contribution in [0.25, 0.3) is 0 Å². The molecule has 0 aromatic carbocycles. The molecule has 0 saturated carbocycles. The van der Waals surface area contributed by atoms with Crippen LogP contribution in [-0.4, -0.2) is 24.4 Å². The summed E-state index contributed by atoms with van der Waals surface area (Å²) in [7, 11) is 0. The quantitative estimate of drug-likeness (QED) is 0.685. The molecule has 0 aliphatic carbocycles. The van der Waals surface area contributed by atoms with Crippen molar-refractivity contribution in [1.29, 1.82) is 0 Å². The first kappa shape index (κ1) is 13.0. The van der Waals surface area contributed by atoms with Crippen LogP contribution in [0.5, 0.6) is 0 Å². The van der Waals surface area contributed by atoms with Gasteiger partial charge in [-0.05, 0) is 20.8 Å². The van der Waals surface area contributed by atoms with Crippen LogP contribution in [-0.2, 0) is 4.84 Å². The van der Waals surface area contributed by atoms with Crippen molar-refractivity contribution in [2.75, 3.05) is 6.54 Å². The van der Waals surface area contributed by atoms with E-state index < -0.39 is 24.4 Å². The van der Waals surface area contributed by atoms with Crippen LogP contribution in [0.15, 0.2) is 0 Å². The minimum atomic E-state index is -4.42. The number of rotatable bonds is 2. The van der Waals surface area contributed by atoms with Gasteiger partial charge in [-0.15, -0.1) is 0 Å². The Kier molecular flexibility index (Phi) is 4.18. The average molecular weight is 214 g/mol. The van der Waals surface area contributed by atoms with Gasteiger partial charge in [-0.1, -0.05) is 0 Å². The van der Waals surface area contributed by atoms with Crippen molar-refractivity contribution in [3.05, 3.63) is 0 Å². The van der Waals surface area contributed by atoms with Crippen LogP contribution in [0.1, 0.15) is 20.8 Å². The lowest BCUT2D eigenvalue weighted by Crippen LogP contribution is -2.43. The molecular formula is C7H13F3N2O2. The van der Waals surface area contributed by atoms with Gasteiger partial charge in [0.2, 0.25) is 0 Å². The van der Waals surface area contributed by atoms with Gasteiger partial charge < -0.3 is 5.32 Å². The maximum Gasteiger partial charge on any atom is 0.405 e. The van der Waals surface area contributed by atoms with E-state index in [1.165, 1.54) is 0 Å². The van der Waals surface area contributed by atoms with Crippen molar-refractivity contribution in [2.45, 2.75) is 32.5 Å². The summed E-state index contributed by atoms with van der Waals surface area (Å²) in [6, 6.07) is -1.02. The Morgan fingerprint density at radius 2 is 1.79 bits per heavy atom. The molecule has 0 heterocycles. The topological polar surface area (TPSA) is 50.4 Å². The highest BCUT2D eigenvalue weighted by Gasteiger charge is 2.27. The zero-order valence-electron chi connectivity index (χ0n) is 8.16. The van der Waals surface area contributed by atoms with Gasteiger partial charge in [0.15, 0.2) is 0 Å². The lowest BCUT2D eigenvalue weighted by Gasteiger charge is -2.19. The molecule has 2 N–H and O–H groups in total. The summed E-state index contributed by atoms with van der Waals surface area (Å²) in [5.74, 6) is 0. The molecule has 84 valence electrons. The van der Waals surface area contributed by atoms with Crippen LogP contribution in [0.2, 0.25) is 0 Å². The number of amides is 2. The molecular weight excluding hydrogens is 201 g/mol. The summed E-state index contributed by atoms with van der Waals surface area (Å²) >= 11 is 0. The van der Waals surface area contributed by atoms with Gasteiger partial charge in [-0.3, -0.25) is 4.84 Å². The number of carbonyl (C=O) groups excluding carboxylic acids is 1. The number of urea groups is 1. The zero-order chi connectivity index (χ0) is 11.4. The van der Waals surface area contributed by atoms with Crippen LogP contribution in [0, 0.1) is 0 Å². The van der Waals surface area contributed by atoms with Crippen molar-refractivity contribution < 1.29 is 22.8 Å². The number of halogens is 3. The summed E-state index contributed by atoms with van der Waals surface area (Å²) in [5.41, 5.74) is 1.20. The van der Waals surface area contributed by atoms with E-state index in [-0.39, 0.29) is 0 Å². The molecule has 2 amide bonds. The van der Waals surface area contributed by atoms with Gasteiger partial charge in [0.05, 0.1) is 5.60 Å². The van der Waals surface area contributed by atoms with E-state index in [9.17, 15) is 18.0 Å². The second kappa shape index (κ2) is 4.50. The highest BCUT2D eigenvalue weighted by molar-refractivity contribution is 5.72. The standard InChI is InChI=1S/C7H13F3N2O2/c1-6(2,3)14-12-5(13)11-4-7(8,9)10/h4H2,1-3H3,(H2,11,12,13). The van der Waals surface area contributed by atoms with Crippen LogP contribution < -0.4 is 10.8 Å². The molecule has 0 aromatic heterocycles. The largest absolute Gasteiger partial charge is 0.405 e. The predicted octanol–water partition coefficient (Wildman–Crippen LogP) is 1.58. The summed E-state index contributed by atoms with van der Waals surface area (Å²) in [6.07, 6.45) is -4.42. The Labute approximate surface area is 79.8 Å². The number of nitrogens with one attached hydrogen (secondary N) is 2. The summed E-state index contributed by atoms with van der Waals surface area (Å²) in [5, 5.41) is 1.60. The third-order valence-corrected chi connectivity index (χ3v) is 0.899. The Hall–Kier alpha value is -0.980. The minimum absolute atomic E-state index is 0.643. The van der Waals surface area contributed by atoms with E-state index in [0.717, 1.165) is 0 Å². The van der Waals surface area contributed by atoms with E-state index in [0.29, 0.717) is 0 Å². The number of carbonyl (C=O) groups is 1. The molecule has 7 heteroatoms. The fraction of sp³-hybridized carbons (Fsp3) is 0.857. The Morgan fingerprint density at radius 1 is 1.29 bits per heavy atom. The number of hydroxylamine groups is 1. The predicted molar refractivity (Wildman–Crippen MR) is 43.4 cm³/mol. The van der Waals surface area contributed by atoms with Crippen molar-refractivity contribution in [3.8, 4) is 0 Å². The molecule has 0 fully saturated rings. The Morgan fingerprint density at radius 3 is 2.14 bits per heavy atom. The molecule has 0 bridgehead atoms. The van der Waals surface area contributed by atoms with E-state index in [1.807, 2.05) is 5.48 Å². The molecule has 0 aliphatic heterocycles. The molecule has 0 saturated heterocycles. The summed E-state index contributed by atoms with van der Waals surface area (Å²) in [4.78, 5) is 15.4. The zero-order valence-corrected chi connectivity index (χ0v) is 8.16. The molecule has 0 spiro atoms. The second-order valence-electron chi connectivity index (χ2n) is 3.61. The normalized spacial score (nSPS) is 12.4. The van der Waals surface area contributed by atoms with Crippen LogP contribution in [0.4, 0.5) is 18.0 Å². The van der Waals surface area contributed by atoms with Gasteiger partial charge in [0, 0.05) is 0 Å². The molecule has 0 rings (SSSR count). The average Bonchev–Trinajstić information content (AvgIpc) is 1.94. The Bertz CT molecular complexity index is 178. The first-order chi connectivity index (χ1) is 6.10. The molecule has 0 radical (unpaired) electrons. The van der Waals surface area contributed by atoms with Crippen molar-refractivity contribution in [2.24, 2.45) is 0 Å². The van der Waals surface area contributed by atoms with Gasteiger partial charge in [0.1, 0.15) is 6.54 Å². The number of alkyl halides is 3. The van der Waals surface area contributed by atoms with Gasteiger partial charge in [0.25, 0.3) is 0 Å². The minimum Gasteiger partial charge on any atom is -0.327 e. The lowest BCUT2D eigenvalue weighted by atomic mass is 10.2. The summed E-state index contributed by atoms with van der Waals surface area (Å²) in [6.45, 7) is 3.57. The maximum atomic E-state index is 11.6.